The summed E-state index contributed by atoms with van der Waals surface area (Å²) < 4.78 is 0. The van der Waals surface area contributed by atoms with Crippen molar-refractivity contribution < 1.29 is 0 Å². The first-order valence-electron chi connectivity index (χ1n) is 6.49. The van der Waals surface area contributed by atoms with Crippen LogP contribution in [0, 0.1) is 18.8 Å². The number of nitrogens with two attached hydrogens (primary N) is 1. The van der Waals surface area contributed by atoms with Gasteiger partial charge in [0, 0.05) is 6.04 Å². The summed E-state index contributed by atoms with van der Waals surface area (Å²) in [4.78, 5) is 0. The van der Waals surface area contributed by atoms with Crippen molar-refractivity contribution in [3.8, 4) is 0 Å². The van der Waals surface area contributed by atoms with Gasteiger partial charge in [-0.05, 0) is 42.7 Å². The second-order valence-electron chi connectivity index (χ2n) is 5.40. The van der Waals surface area contributed by atoms with Crippen molar-refractivity contribution in [2.75, 3.05) is 0 Å². The van der Waals surface area contributed by atoms with E-state index in [4.69, 9.17) is 5.73 Å². The molecule has 1 aromatic rings. The molecule has 0 spiro atoms. The third-order valence-electron chi connectivity index (χ3n) is 4.12. The summed E-state index contributed by atoms with van der Waals surface area (Å²) in [5.74, 6) is 1.60. The van der Waals surface area contributed by atoms with E-state index in [2.05, 4.69) is 38.1 Å². The molecular formula is C15H23N. The first-order valence-corrected chi connectivity index (χ1v) is 6.49. The normalized spacial score (nSPS) is 27.7. The van der Waals surface area contributed by atoms with Crippen LogP contribution in [0.1, 0.15) is 49.8 Å². The molecule has 2 rings (SSSR count). The maximum absolute atomic E-state index is 6.42. The molecule has 0 radical (unpaired) electrons. The van der Waals surface area contributed by atoms with Crippen LogP contribution in [0.25, 0.3) is 0 Å². The van der Waals surface area contributed by atoms with Crippen molar-refractivity contribution in [3.63, 3.8) is 0 Å². The Balaban J connectivity index is 2.07. The standard InChI is InChI=1S/C15H23N/c1-11-7-9-13(10-8-11)15(16)14-6-4-3-5-12(14)2/h3-6,11,13,15H,7-10,16H2,1-2H3/t11?,13?,15-/m1/s1. The van der Waals surface area contributed by atoms with Gasteiger partial charge in [0.1, 0.15) is 0 Å². The van der Waals surface area contributed by atoms with Gasteiger partial charge in [-0.2, -0.15) is 0 Å². The van der Waals surface area contributed by atoms with Gasteiger partial charge in [0.05, 0.1) is 0 Å². The second kappa shape index (κ2) is 5.01. The molecule has 0 aliphatic heterocycles. The van der Waals surface area contributed by atoms with Crippen LogP contribution in [0.15, 0.2) is 24.3 Å². The Morgan fingerprint density at radius 1 is 1.12 bits per heavy atom. The van der Waals surface area contributed by atoms with Crippen LogP contribution in [-0.2, 0) is 0 Å². The monoisotopic (exact) mass is 217 g/mol. The highest BCUT2D eigenvalue weighted by Crippen LogP contribution is 2.36. The Bertz CT molecular complexity index is 337. The Hall–Kier alpha value is -0.820. The molecule has 0 bridgehead atoms. The Labute approximate surface area is 99.0 Å². The average Bonchev–Trinajstić information content (AvgIpc) is 2.30. The molecule has 1 aromatic carbocycles. The molecule has 0 amide bonds. The molecule has 2 N–H and O–H groups in total. The molecule has 0 unspecified atom stereocenters. The van der Waals surface area contributed by atoms with Gasteiger partial charge in [-0.25, -0.2) is 0 Å². The van der Waals surface area contributed by atoms with E-state index in [0.29, 0.717) is 5.92 Å². The van der Waals surface area contributed by atoms with E-state index in [9.17, 15) is 0 Å². The molecule has 1 aliphatic carbocycles. The molecule has 1 fully saturated rings. The molecule has 1 saturated carbocycles. The molecule has 1 aliphatic rings. The highest BCUT2D eigenvalue weighted by Gasteiger charge is 2.25. The SMILES string of the molecule is Cc1ccccc1[C@H](N)C1CCC(C)CC1. The van der Waals surface area contributed by atoms with E-state index in [1.54, 1.807) is 0 Å². The molecular weight excluding hydrogens is 194 g/mol. The van der Waals surface area contributed by atoms with Crippen molar-refractivity contribution in [3.05, 3.63) is 35.4 Å². The van der Waals surface area contributed by atoms with E-state index < -0.39 is 0 Å². The molecule has 1 atom stereocenters. The number of rotatable bonds is 2. The minimum atomic E-state index is 0.244. The van der Waals surface area contributed by atoms with E-state index in [0.717, 1.165) is 5.92 Å². The van der Waals surface area contributed by atoms with Gasteiger partial charge in [0.2, 0.25) is 0 Å². The fourth-order valence-electron chi connectivity index (χ4n) is 2.86. The lowest BCUT2D eigenvalue weighted by atomic mass is 9.77. The predicted octanol–water partition coefficient (Wildman–Crippen LogP) is 3.82. The predicted molar refractivity (Wildman–Crippen MR) is 69.2 cm³/mol. The fraction of sp³-hybridized carbons (Fsp3) is 0.600. The van der Waals surface area contributed by atoms with Crippen LogP contribution in [0.3, 0.4) is 0 Å². The van der Waals surface area contributed by atoms with Crippen molar-refractivity contribution >= 4 is 0 Å². The molecule has 1 nitrogen and oxygen atoms in total. The molecule has 88 valence electrons. The van der Waals surface area contributed by atoms with E-state index in [1.807, 2.05) is 0 Å². The third-order valence-corrected chi connectivity index (χ3v) is 4.12. The van der Waals surface area contributed by atoms with Crippen LogP contribution in [0.2, 0.25) is 0 Å². The summed E-state index contributed by atoms with van der Waals surface area (Å²) in [7, 11) is 0. The zero-order chi connectivity index (χ0) is 11.5. The molecule has 16 heavy (non-hydrogen) atoms. The largest absolute Gasteiger partial charge is 0.324 e. The Morgan fingerprint density at radius 3 is 2.38 bits per heavy atom. The van der Waals surface area contributed by atoms with Gasteiger partial charge in [0.15, 0.2) is 0 Å². The minimum Gasteiger partial charge on any atom is -0.324 e. The van der Waals surface area contributed by atoms with Crippen LogP contribution in [0.4, 0.5) is 0 Å². The summed E-state index contributed by atoms with van der Waals surface area (Å²) >= 11 is 0. The summed E-state index contributed by atoms with van der Waals surface area (Å²) in [5, 5.41) is 0. The number of hydrogen-bond acceptors (Lipinski definition) is 1. The van der Waals surface area contributed by atoms with Gasteiger partial charge >= 0.3 is 0 Å². The highest BCUT2D eigenvalue weighted by molar-refractivity contribution is 5.29. The lowest BCUT2D eigenvalue weighted by Crippen LogP contribution is -2.26. The zero-order valence-corrected chi connectivity index (χ0v) is 10.4. The fourth-order valence-corrected chi connectivity index (χ4v) is 2.86. The molecule has 0 aromatic heterocycles. The van der Waals surface area contributed by atoms with Gasteiger partial charge in [-0.3, -0.25) is 0 Å². The zero-order valence-electron chi connectivity index (χ0n) is 10.4. The maximum Gasteiger partial charge on any atom is 0.0326 e. The van der Waals surface area contributed by atoms with E-state index in [1.165, 1.54) is 36.8 Å². The summed E-state index contributed by atoms with van der Waals surface area (Å²) in [5.41, 5.74) is 9.11. The van der Waals surface area contributed by atoms with Crippen molar-refractivity contribution in [2.45, 2.75) is 45.6 Å². The van der Waals surface area contributed by atoms with Crippen LogP contribution < -0.4 is 5.73 Å². The Morgan fingerprint density at radius 2 is 1.75 bits per heavy atom. The van der Waals surface area contributed by atoms with Gasteiger partial charge in [-0.1, -0.05) is 44.0 Å². The third kappa shape index (κ3) is 2.46. The average molecular weight is 217 g/mol. The number of hydrogen-bond donors (Lipinski definition) is 1. The number of benzene rings is 1. The molecule has 0 heterocycles. The maximum atomic E-state index is 6.42. The van der Waals surface area contributed by atoms with Gasteiger partial charge in [-0.15, -0.1) is 0 Å². The summed E-state index contributed by atoms with van der Waals surface area (Å²) in [6.07, 6.45) is 5.31. The van der Waals surface area contributed by atoms with Crippen LogP contribution in [0.5, 0.6) is 0 Å². The first-order chi connectivity index (χ1) is 7.68. The topological polar surface area (TPSA) is 26.0 Å². The van der Waals surface area contributed by atoms with E-state index >= 15 is 0 Å². The quantitative estimate of drug-likeness (QED) is 0.800. The van der Waals surface area contributed by atoms with E-state index in [-0.39, 0.29) is 6.04 Å². The van der Waals surface area contributed by atoms with Crippen molar-refractivity contribution in [2.24, 2.45) is 17.6 Å². The van der Waals surface area contributed by atoms with Crippen LogP contribution in [-0.4, -0.2) is 0 Å². The first kappa shape index (κ1) is 11.7. The van der Waals surface area contributed by atoms with Gasteiger partial charge in [0.25, 0.3) is 0 Å². The lowest BCUT2D eigenvalue weighted by molar-refractivity contribution is 0.256. The molecule has 1 heteroatoms. The Kier molecular flexibility index (Phi) is 3.65. The summed E-state index contributed by atoms with van der Waals surface area (Å²) in [6.45, 7) is 4.52. The van der Waals surface area contributed by atoms with Crippen LogP contribution >= 0.6 is 0 Å². The summed E-state index contributed by atoms with van der Waals surface area (Å²) in [6, 6.07) is 8.80. The van der Waals surface area contributed by atoms with Gasteiger partial charge < -0.3 is 5.73 Å². The van der Waals surface area contributed by atoms with Crippen molar-refractivity contribution in [1.82, 2.24) is 0 Å². The van der Waals surface area contributed by atoms with Crippen molar-refractivity contribution in [1.29, 1.82) is 0 Å². The smallest absolute Gasteiger partial charge is 0.0326 e. The number of aryl methyl sites for hydroxylation is 1. The highest BCUT2D eigenvalue weighted by atomic mass is 14.7. The minimum absolute atomic E-state index is 0.244. The second-order valence-corrected chi connectivity index (χ2v) is 5.40. The lowest BCUT2D eigenvalue weighted by Gasteiger charge is -2.31. The molecule has 0 saturated heterocycles.